The van der Waals surface area contributed by atoms with Gasteiger partial charge in [-0.05, 0) is 50.7 Å². The highest BCUT2D eigenvalue weighted by Gasteiger charge is 2.58. The number of nitro groups is 1. The normalized spacial score (nSPS) is 39.5. The van der Waals surface area contributed by atoms with Gasteiger partial charge in [0.15, 0.2) is 5.78 Å². The van der Waals surface area contributed by atoms with Crippen LogP contribution in [0, 0.1) is 33.8 Å². The molecule has 28 heavy (non-hydrogen) atoms. The second kappa shape index (κ2) is 7.97. The molecule has 0 unspecified atom stereocenters. The summed E-state index contributed by atoms with van der Waals surface area (Å²) in [5.74, 6) is -2.75. The molecular formula is C21H29NO6. The molecule has 1 aliphatic heterocycles. The topological polar surface area (TPSA) is 104 Å². The van der Waals surface area contributed by atoms with Gasteiger partial charge in [0.2, 0.25) is 6.10 Å². The van der Waals surface area contributed by atoms with Crippen molar-refractivity contribution in [3.05, 3.63) is 33.4 Å². The van der Waals surface area contributed by atoms with Crippen molar-refractivity contribution < 1.29 is 24.0 Å². The van der Waals surface area contributed by atoms with E-state index in [0.717, 1.165) is 0 Å². The highest BCUT2D eigenvalue weighted by Crippen LogP contribution is 2.39. The highest BCUT2D eigenvalue weighted by atomic mass is 16.6. The van der Waals surface area contributed by atoms with E-state index in [1.54, 1.807) is 27.7 Å². The van der Waals surface area contributed by atoms with Gasteiger partial charge in [-0.2, -0.15) is 0 Å². The zero-order valence-corrected chi connectivity index (χ0v) is 17.4. The Balaban J connectivity index is 2.51. The number of esters is 1. The molecule has 0 spiro atoms. The summed E-state index contributed by atoms with van der Waals surface area (Å²) in [5, 5.41) is 11.9. The van der Waals surface area contributed by atoms with Crippen molar-refractivity contribution >= 4 is 17.5 Å². The number of hydrogen-bond donors (Lipinski definition) is 0. The van der Waals surface area contributed by atoms with Crippen molar-refractivity contribution in [1.29, 1.82) is 0 Å². The second-order valence-electron chi connectivity index (χ2n) is 8.54. The first-order chi connectivity index (χ1) is 12.9. The summed E-state index contributed by atoms with van der Waals surface area (Å²) in [7, 11) is 0. The van der Waals surface area contributed by atoms with E-state index in [9.17, 15) is 24.5 Å². The summed E-state index contributed by atoms with van der Waals surface area (Å²) in [6.07, 6.45) is 2.71. The van der Waals surface area contributed by atoms with Gasteiger partial charge in [0, 0.05) is 28.9 Å². The lowest BCUT2D eigenvalue weighted by Gasteiger charge is -2.37. The van der Waals surface area contributed by atoms with Crippen molar-refractivity contribution in [2.45, 2.75) is 66.0 Å². The summed E-state index contributed by atoms with van der Waals surface area (Å²) in [6.45, 7) is 10.2. The standard InChI is InChI=1S/C21H29NO6/c1-11-7-12(2)17(23)14(4)9-21(22(26)27)10-15(5)19(21)28-20(25)16(6)18(24)13(3)8-11/h9-13,16,19H,7-8H2,1-6H3/b14-9+/t11-,12+,13+,16+,19+,21+/m0/s1. The van der Waals surface area contributed by atoms with Gasteiger partial charge in [-0.15, -0.1) is 0 Å². The van der Waals surface area contributed by atoms with E-state index in [1.165, 1.54) is 19.1 Å². The minimum absolute atomic E-state index is 0.0972. The molecule has 7 nitrogen and oxygen atoms in total. The molecule has 2 rings (SSSR count). The van der Waals surface area contributed by atoms with Crippen LogP contribution in [0.3, 0.4) is 0 Å². The fourth-order valence-electron chi connectivity index (χ4n) is 4.38. The maximum absolute atomic E-state index is 12.8. The van der Waals surface area contributed by atoms with Crippen molar-refractivity contribution in [2.75, 3.05) is 0 Å². The Kier molecular flexibility index (Phi) is 6.26. The zero-order valence-electron chi connectivity index (χ0n) is 17.4. The van der Waals surface area contributed by atoms with Crippen LogP contribution >= 0.6 is 0 Å². The van der Waals surface area contributed by atoms with Gasteiger partial charge in [0.05, 0.1) is 0 Å². The molecule has 1 aliphatic carbocycles. The van der Waals surface area contributed by atoms with Crippen molar-refractivity contribution in [1.82, 2.24) is 0 Å². The molecular weight excluding hydrogens is 362 g/mol. The van der Waals surface area contributed by atoms with Gasteiger partial charge in [0.1, 0.15) is 11.7 Å². The van der Waals surface area contributed by atoms with Gasteiger partial charge in [-0.25, -0.2) is 0 Å². The molecule has 6 atom stereocenters. The van der Waals surface area contributed by atoms with E-state index in [2.05, 4.69) is 0 Å². The van der Waals surface area contributed by atoms with Crippen molar-refractivity contribution in [3.63, 3.8) is 0 Å². The molecule has 7 heteroatoms. The SMILES string of the molecule is CC1=C[C@]2([N+](=O)[O-])/C=C(\C)C(=O)[C@H](C)C[C@H](C)C[C@@H](C)C(=O)[C@@H](C)C(=O)O[C@H]12. The van der Waals surface area contributed by atoms with E-state index >= 15 is 0 Å². The molecule has 2 aliphatic rings. The quantitative estimate of drug-likeness (QED) is 0.223. The van der Waals surface area contributed by atoms with Gasteiger partial charge < -0.3 is 4.74 Å². The molecule has 0 saturated carbocycles. The fraction of sp³-hybridized carbons (Fsp3) is 0.667. The van der Waals surface area contributed by atoms with Crippen LogP contribution in [0.5, 0.6) is 0 Å². The number of ketones is 2. The van der Waals surface area contributed by atoms with Crippen LogP contribution in [0.15, 0.2) is 23.3 Å². The highest BCUT2D eigenvalue weighted by molar-refractivity contribution is 6.00. The summed E-state index contributed by atoms with van der Waals surface area (Å²) in [5.41, 5.74) is -0.956. The third-order valence-electron chi connectivity index (χ3n) is 5.90. The number of nitrogens with zero attached hydrogens (tertiary/aromatic N) is 1. The monoisotopic (exact) mass is 391 g/mol. The van der Waals surface area contributed by atoms with Crippen LogP contribution in [-0.4, -0.2) is 34.1 Å². The van der Waals surface area contributed by atoms with Crippen LogP contribution in [0.2, 0.25) is 0 Å². The summed E-state index contributed by atoms with van der Waals surface area (Å²) in [6, 6.07) is 0. The molecule has 0 radical (unpaired) electrons. The van der Waals surface area contributed by atoms with Crippen LogP contribution < -0.4 is 0 Å². The predicted molar refractivity (Wildman–Crippen MR) is 103 cm³/mol. The van der Waals surface area contributed by atoms with Gasteiger partial charge in [-0.3, -0.25) is 24.5 Å². The predicted octanol–water partition coefficient (Wildman–Crippen LogP) is 3.30. The first kappa shape index (κ1) is 22.0. The zero-order chi connectivity index (χ0) is 21.4. The van der Waals surface area contributed by atoms with Crippen LogP contribution in [0.4, 0.5) is 0 Å². The maximum atomic E-state index is 12.8. The Morgan fingerprint density at radius 1 is 1.04 bits per heavy atom. The third-order valence-corrected chi connectivity index (χ3v) is 5.90. The van der Waals surface area contributed by atoms with Crippen LogP contribution in [0.1, 0.15) is 54.4 Å². The van der Waals surface area contributed by atoms with Gasteiger partial charge in [-0.1, -0.05) is 20.8 Å². The lowest BCUT2D eigenvalue weighted by Crippen LogP contribution is -2.56. The maximum Gasteiger partial charge on any atom is 0.317 e. The number of allylic oxidation sites excluding steroid dienone is 1. The smallest absolute Gasteiger partial charge is 0.317 e. The summed E-state index contributed by atoms with van der Waals surface area (Å²) >= 11 is 0. The molecule has 0 fully saturated rings. The largest absolute Gasteiger partial charge is 0.449 e. The Morgan fingerprint density at radius 3 is 2.14 bits per heavy atom. The number of rotatable bonds is 1. The minimum Gasteiger partial charge on any atom is -0.449 e. The first-order valence-corrected chi connectivity index (χ1v) is 9.72. The third kappa shape index (κ3) is 3.93. The average molecular weight is 391 g/mol. The molecule has 0 aromatic rings. The van der Waals surface area contributed by atoms with E-state index in [0.29, 0.717) is 18.4 Å². The molecule has 0 bridgehead atoms. The Bertz CT molecular complexity index is 767. The second-order valence-corrected chi connectivity index (χ2v) is 8.54. The number of carbonyl (C=O) groups is 3. The number of carbonyl (C=O) groups excluding carboxylic acids is 3. The van der Waals surface area contributed by atoms with E-state index in [-0.39, 0.29) is 34.9 Å². The van der Waals surface area contributed by atoms with E-state index in [4.69, 9.17) is 4.74 Å². The first-order valence-electron chi connectivity index (χ1n) is 9.72. The average Bonchev–Trinajstić information content (AvgIpc) is 2.61. The molecule has 0 aromatic heterocycles. The Labute approximate surface area is 165 Å². The number of ether oxygens (including phenoxy) is 1. The lowest BCUT2D eigenvalue weighted by atomic mass is 9.74. The van der Waals surface area contributed by atoms with Gasteiger partial charge >= 0.3 is 5.97 Å². The minimum atomic E-state index is -1.77. The Morgan fingerprint density at radius 2 is 1.61 bits per heavy atom. The molecule has 1 heterocycles. The van der Waals surface area contributed by atoms with E-state index in [1.807, 2.05) is 6.92 Å². The fourth-order valence-corrected chi connectivity index (χ4v) is 4.38. The Hall–Kier alpha value is -2.31. The van der Waals surface area contributed by atoms with Gasteiger partial charge in [0.25, 0.3) is 5.54 Å². The molecule has 154 valence electrons. The molecule has 0 aromatic carbocycles. The molecule has 0 N–H and O–H groups in total. The van der Waals surface area contributed by atoms with E-state index < -0.39 is 28.5 Å². The van der Waals surface area contributed by atoms with Crippen molar-refractivity contribution in [3.8, 4) is 0 Å². The number of fused-ring (bicyclic) bond motifs is 1. The summed E-state index contributed by atoms with van der Waals surface area (Å²) < 4.78 is 5.41. The molecule has 0 amide bonds. The summed E-state index contributed by atoms with van der Waals surface area (Å²) in [4.78, 5) is 49.3. The van der Waals surface area contributed by atoms with Crippen molar-refractivity contribution in [2.24, 2.45) is 23.7 Å². The molecule has 0 saturated heterocycles. The number of Topliss-reactive ketones (excluding diaryl/α,β-unsaturated/α-hetero) is 2. The number of hydrogen-bond acceptors (Lipinski definition) is 6. The lowest BCUT2D eigenvalue weighted by molar-refractivity contribution is -0.556. The van der Waals surface area contributed by atoms with Crippen LogP contribution in [-0.2, 0) is 19.1 Å². The van der Waals surface area contributed by atoms with Crippen LogP contribution in [0.25, 0.3) is 0 Å².